The molecule has 3 atom stereocenters. The first-order valence-electron chi connectivity index (χ1n) is 6.92. The van der Waals surface area contributed by atoms with E-state index in [4.69, 9.17) is 5.73 Å². The molecule has 0 saturated carbocycles. The molecule has 3 rings (SSSR count). The Kier molecular flexibility index (Phi) is 2.44. The van der Waals surface area contributed by atoms with Crippen molar-refractivity contribution in [1.82, 2.24) is 0 Å². The summed E-state index contributed by atoms with van der Waals surface area (Å²) in [7, 11) is 0. The minimum Gasteiger partial charge on any atom is -0.399 e. The van der Waals surface area contributed by atoms with Crippen LogP contribution in [0.4, 0.5) is 11.4 Å². The molecule has 2 heteroatoms. The molecule has 96 valence electrons. The van der Waals surface area contributed by atoms with Gasteiger partial charge in [0.05, 0.1) is 0 Å². The van der Waals surface area contributed by atoms with Crippen molar-refractivity contribution in [3.63, 3.8) is 0 Å². The van der Waals surface area contributed by atoms with Gasteiger partial charge in [0, 0.05) is 29.4 Å². The number of likely N-dealkylation sites (N-methyl/N-ethyl adjacent to an activating group) is 1. The lowest BCUT2D eigenvalue weighted by Crippen LogP contribution is -2.44. The molecule has 1 aliphatic heterocycles. The molecule has 3 unspecified atom stereocenters. The maximum atomic E-state index is 5.96. The second kappa shape index (κ2) is 3.78. The zero-order valence-electron chi connectivity index (χ0n) is 11.5. The standard InChI is InChI=1S/C16H22N2/c1-4-18-14-10-12(17)5-6-13(14)16(3)8-7-11(2)9-15(16)18/h5-8,10-11,15H,4,9,17H2,1-3H3. The molecule has 1 aromatic rings. The Morgan fingerprint density at radius 1 is 1.44 bits per heavy atom. The van der Waals surface area contributed by atoms with Gasteiger partial charge in [0.1, 0.15) is 0 Å². The fourth-order valence-electron chi connectivity index (χ4n) is 3.67. The molecule has 0 amide bonds. The Hall–Kier alpha value is -1.44. The van der Waals surface area contributed by atoms with E-state index in [1.54, 1.807) is 0 Å². The minimum absolute atomic E-state index is 0.158. The SMILES string of the molecule is CCN1c2cc(N)ccc2C2(C)C=CC(C)CC12. The number of rotatable bonds is 1. The normalized spacial score (nSPS) is 33.4. The van der Waals surface area contributed by atoms with Crippen LogP contribution in [-0.4, -0.2) is 12.6 Å². The lowest BCUT2D eigenvalue weighted by molar-refractivity contribution is 0.379. The number of nitrogen functional groups attached to an aromatic ring is 1. The van der Waals surface area contributed by atoms with E-state index in [0.29, 0.717) is 12.0 Å². The van der Waals surface area contributed by atoms with Crippen LogP contribution < -0.4 is 10.6 Å². The predicted molar refractivity (Wildman–Crippen MR) is 77.9 cm³/mol. The summed E-state index contributed by atoms with van der Waals surface area (Å²) in [6.45, 7) is 7.96. The summed E-state index contributed by atoms with van der Waals surface area (Å²) in [5.41, 5.74) is 9.76. The summed E-state index contributed by atoms with van der Waals surface area (Å²) >= 11 is 0. The third kappa shape index (κ3) is 1.41. The van der Waals surface area contributed by atoms with Crippen LogP contribution in [0.5, 0.6) is 0 Å². The van der Waals surface area contributed by atoms with Crippen LogP contribution in [0.2, 0.25) is 0 Å². The third-order valence-electron chi connectivity index (χ3n) is 4.69. The largest absolute Gasteiger partial charge is 0.399 e. The van der Waals surface area contributed by atoms with Crippen molar-refractivity contribution in [3.05, 3.63) is 35.9 Å². The van der Waals surface area contributed by atoms with Crippen LogP contribution in [0.1, 0.15) is 32.8 Å². The molecule has 0 aromatic heterocycles. The summed E-state index contributed by atoms with van der Waals surface area (Å²) in [5, 5.41) is 0. The van der Waals surface area contributed by atoms with Gasteiger partial charge in [0.15, 0.2) is 0 Å². The number of hydrogen-bond donors (Lipinski definition) is 1. The van der Waals surface area contributed by atoms with Crippen molar-refractivity contribution in [3.8, 4) is 0 Å². The fraction of sp³-hybridized carbons (Fsp3) is 0.500. The van der Waals surface area contributed by atoms with Crippen LogP contribution in [-0.2, 0) is 5.41 Å². The summed E-state index contributed by atoms with van der Waals surface area (Å²) in [4.78, 5) is 2.53. The van der Waals surface area contributed by atoms with Gasteiger partial charge in [-0.3, -0.25) is 0 Å². The Morgan fingerprint density at radius 2 is 2.22 bits per heavy atom. The van der Waals surface area contributed by atoms with Crippen molar-refractivity contribution in [2.75, 3.05) is 17.2 Å². The van der Waals surface area contributed by atoms with Gasteiger partial charge in [-0.25, -0.2) is 0 Å². The van der Waals surface area contributed by atoms with Crippen LogP contribution in [0.3, 0.4) is 0 Å². The number of nitrogens with zero attached hydrogens (tertiary/aromatic N) is 1. The number of nitrogens with two attached hydrogens (primary N) is 1. The topological polar surface area (TPSA) is 29.3 Å². The monoisotopic (exact) mass is 242 g/mol. The van der Waals surface area contributed by atoms with Gasteiger partial charge in [-0.05, 0) is 43.9 Å². The maximum Gasteiger partial charge on any atom is 0.0431 e. The highest BCUT2D eigenvalue weighted by Gasteiger charge is 2.47. The summed E-state index contributed by atoms with van der Waals surface area (Å²) in [5.74, 6) is 0.670. The molecule has 0 radical (unpaired) electrons. The van der Waals surface area contributed by atoms with Gasteiger partial charge in [0.2, 0.25) is 0 Å². The zero-order valence-corrected chi connectivity index (χ0v) is 11.5. The smallest absolute Gasteiger partial charge is 0.0431 e. The number of fused-ring (bicyclic) bond motifs is 3. The Morgan fingerprint density at radius 3 is 2.94 bits per heavy atom. The summed E-state index contributed by atoms with van der Waals surface area (Å²) in [6, 6.07) is 6.97. The van der Waals surface area contributed by atoms with Crippen LogP contribution in [0.25, 0.3) is 0 Å². The molecule has 2 nitrogen and oxygen atoms in total. The maximum absolute atomic E-state index is 5.96. The van der Waals surface area contributed by atoms with Gasteiger partial charge in [0.25, 0.3) is 0 Å². The van der Waals surface area contributed by atoms with E-state index in [-0.39, 0.29) is 5.41 Å². The van der Waals surface area contributed by atoms with Crippen molar-refractivity contribution in [2.24, 2.45) is 5.92 Å². The van der Waals surface area contributed by atoms with E-state index in [1.807, 2.05) is 6.07 Å². The fourth-order valence-corrected chi connectivity index (χ4v) is 3.67. The molecule has 0 fully saturated rings. The van der Waals surface area contributed by atoms with Crippen molar-refractivity contribution in [2.45, 2.75) is 38.6 Å². The average Bonchev–Trinajstić information content (AvgIpc) is 2.57. The minimum atomic E-state index is 0.158. The van der Waals surface area contributed by atoms with Gasteiger partial charge in [-0.2, -0.15) is 0 Å². The van der Waals surface area contributed by atoms with Gasteiger partial charge < -0.3 is 10.6 Å². The van der Waals surface area contributed by atoms with Crippen molar-refractivity contribution in [1.29, 1.82) is 0 Å². The highest BCUT2D eigenvalue weighted by atomic mass is 15.2. The molecule has 1 heterocycles. The van der Waals surface area contributed by atoms with Crippen molar-refractivity contribution < 1.29 is 0 Å². The highest BCUT2D eigenvalue weighted by molar-refractivity contribution is 5.70. The molecule has 2 N–H and O–H groups in total. The molecule has 1 aromatic carbocycles. The van der Waals surface area contributed by atoms with E-state index >= 15 is 0 Å². The summed E-state index contributed by atoms with van der Waals surface area (Å²) < 4.78 is 0. The first-order valence-corrected chi connectivity index (χ1v) is 6.92. The molecule has 0 spiro atoms. The van der Waals surface area contributed by atoms with Crippen LogP contribution in [0.15, 0.2) is 30.4 Å². The van der Waals surface area contributed by atoms with E-state index in [0.717, 1.165) is 12.2 Å². The average molecular weight is 242 g/mol. The lowest BCUT2D eigenvalue weighted by atomic mass is 9.71. The first-order chi connectivity index (χ1) is 8.56. The molecule has 1 aliphatic carbocycles. The zero-order chi connectivity index (χ0) is 12.9. The molecular formula is C16H22N2. The quantitative estimate of drug-likeness (QED) is 0.604. The van der Waals surface area contributed by atoms with Gasteiger partial charge in [-0.1, -0.05) is 25.1 Å². The van der Waals surface area contributed by atoms with E-state index in [1.165, 1.54) is 17.7 Å². The van der Waals surface area contributed by atoms with E-state index in [9.17, 15) is 0 Å². The molecule has 0 bridgehead atoms. The Bertz CT molecular complexity index is 506. The number of benzene rings is 1. The number of hydrogen-bond acceptors (Lipinski definition) is 2. The third-order valence-corrected chi connectivity index (χ3v) is 4.69. The lowest BCUT2D eigenvalue weighted by Gasteiger charge is -2.39. The number of anilines is 2. The van der Waals surface area contributed by atoms with Crippen molar-refractivity contribution >= 4 is 11.4 Å². The van der Waals surface area contributed by atoms with Gasteiger partial charge in [-0.15, -0.1) is 0 Å². The molecular weight excluding hydrogens is 220 g/mol. The Balaban J connectivity index is 2.18. The second-order valence-corrected chi connectivity index (χ2v) is 5.93. The van der Waals surface area contributed by atoms with E-state index < -0.39 is 0 Å². The predicted octanol–water partition coefficient (Wildman–Crippen LogP) is 3.33. The first kappa shape index (κ1) is 11.6. The molecule has 2 aliphatic rings. The molecule has 18 heavy (non-hydrogen) atoms. The van der Waals surface area contributed by atoms with Crippen LogP contribution in [0, 0.1) is 5.92 Å². The van der Waals surface area contributed by atoms with E-state index in [2.05, 4.69) is 50.0 Å². The number of allylic oxidation sites excluding steroid dienone is 1. The summed E-state index contributed by atoms with van der Waals surface area (Å²) in [6.07, 6.45) is 6.02. The second-order valence-electron chi connectivity index (χ2n) is 5.93. The highest BCUT2D eigenvalue weighted by Crippen LogP contribution is 2.50. The van der Waals surface area contributed by atoms with Gasteiger partial charge >= 0.3 is 0 Å². The van der Waals surface area contributed by atoms with Crippen LogP contribution >= 0.6 is 0 Å². The molecule has 0 saturated heterocycles. The Labute approximate surface area is 109 Å².